The maximum atomic E-state index is 11.9. The lowest BCUT2D eigenvalue weighted by Gasteiger charge is -2.23. The van der Waals surface area contributed by atoms with Crippen molar-refractivity contribution in [3.05, 3.63) is 65.4 Å². The molecule has 1 aromatic heterocycles. The molecule has 2 aromatic carbocycles. The molecule has 2 saturated heterocycles. The molecule has 260 valence electrons. The van der Waals surface area contributed by atoms with Crippen LogP contribution in [0.15, 0.2) is 57.9 Å². The van der Waals surface area contributed by atoms with Gasteiger partial charge in [0, 0.05) is 69.4 Å². The van der Waals surface area contributed by atoms with Crippen molar-refractivity contribution in [3.8, 4) is 12.8 Å². The zero-order valence-electron chi connectivity index (χ0n) is 29.3. The number of furan rings is 1. The zero-order valence-corrected chi connectivity index (χ0v) is 29.3. The summed E-state index contributed by atoms with van der Waals surface area (Å²) in [4.78, 5) is 55.0. The van der Waals surface area contributed by atoms with Gasteiger partial charge in [-0.3, -0.25) is 19.2 Å². The molecule has 11 nitrogen and oxygen atoms in total. The summed E-state index contributed by atoms with van der Waals surface area (Å²) in [6, 6.07) is 14.4. The zero-order chi connectivity index (χ0) is 36.1. The van der Waals surface area contributed by atoms with E-state index in [9.17, 15) is 19.2 Å². The molecule has 4 amide bonds. The molecule has 2 aliphatic rings. The van der Waals surface area contributed by atoms with Crippen molar-refractivity contribution in [2.24, 2.45) is 10.7 Å². The van der Waals surface area contributed by atoms with Gasteiger partial charge in [0.05, 0.1) is 12.9 Å². The summed E-state index contributed by atoms with van der Waals surface area (Å²) in [6.45, 7) is 8.78. The van der Waals surface area contributed by atoms with Gasteiger partial charge in [0.15, 0.2) is 0 Å². The highest BCUT2D eigenvalue weighted by Crippen LogP contribution is 2.22. The summed E-state index contributed by atoms with van der Waals surface area (Å²) in [5, 5.41) is 4.24. The van der Waals surface area contributed by atoms with Gasteiger partial charge in [0.25, 0.3) is 11.8 Å². The van der Waals surface area contributed by atoms with E-state index in [2.05, 4.69) is 29.2 Å². The Balaban J connectivity index is 0.000000345. The van der Waals surface area contributed by atoms with E-state index >= 15 is 0 Å². The number of fused-ring (bicyclic) bond motifs is 1. The first-order valence-electron chi connectivity index (χ1n) is 16.3. The molecule has 0 radical (unpaired) electrons. The fraction of sp³-hybridized carbons (Fsp3) is 0.432. The molecular weight excluding hydrogens is 608 g/mol. The van der Waals surface area contributed by atoms with Crippen LogP contribution in [0.25, 0.3) is 11.0 Å². The molecule has 2 fully saturated rings. The Morgan fingerprint density at radius 3 is 2.12 bits per heavy atom. The van der Waals surface area contributed by atoms with Gasteiger partial charge in [-0.2, -0.15) is 4.99 Å². The van der Waals surface area contributed by atoms with Gasteiger partial charge in [-0.1, -0.05) is 20.3 Å². The second-order valence-electron chi connectivity index (χ2n) is 10.9. The van der Waals surface area contributed by atoms with Crippen molar-refractivity contribution < 1.29 is 23.6 Å². The Labute approximate surface area is 285 Å². The van der Waals surface area contributed by atoms with Gasteiger partial charge in [-0.05, 0) is 81.1 Å². The molecule has 5 rings (SSSR count). The normalized spacial score (nSPS) is 13.7. The average Bonchev–Trinajstić information content (AvgIpc) is 3.74. The van der Waals surface area contributed by atoms with Crippen LogP contribution in [0.3, 0.4) is 0 Å². The second kappa shape index (κ2) is 22.4. The van der Waals surface area contributed by atoms with Gasteiger partial charge < -0.3 is 30.2 Å². The predicted molar refractivity (Wildman–Crippen MR) is 194 cm³/mol. The first-order valence-corrected chi connectivity index (χ1v) is 16.3. The molecule has 0 bridgehead atoms. The summed E-state index contributed by atoms with van der Waals surface area (Å²) in [5.41, 5.74) is 8.00. The molecule has 2 aliphatic heterocycles. The lowest BCUT2D eigenvalue weighted by Crippen LogP contribution is -2.41. The number of aliphatic imine (C=N–C) groups is 1. The maximum Gasteiger partial charge on any atom is 0.278 e. The summed E-state index contributed by atoms with van der Waals surface area (Å²) in [5.74, 6) is 0.712. The fourth-order valence-electron chi connectivity index (χ4n) is 4.92. The molecule has 48 heavy (non-hydrogen) atoms. The molecule has 0 atom stereocenters. The number of amides is 4. The number of nitrogens with one attached hydrogen (secondary N) is 1. The van der Waals surface area contributed by atoms with E-state index in [1.165, 1.54) is 4.90 Å². The number of carbonyl (C=O) groups is 4. The third-order valence-electron chi connectivity index (χ3n) is 7.36. The lowest BCUT2D eigenvalue weighted by molar-refractivity contribution is -0.139. The number of carbonyl (C=O) groups excluding carboxylic acids is 4. The van der Waals surface area contributed by atoms with Crippen LogP contribution in [-0.2, 0) is 9.59 Å². The minimum absolute atomic E-state index is 0.110. The monoisotopic (exact) mass is 660 g/mol. The first kappa shape index (κ1) is 40.9. The van der Waals surface area contributed by atoms with Crippen molar-refractivity contribution in [3.63, 3.8) is 0 Å². The Bertz CT molecular complexity index is 1490. The Kier molecular flexibility index (Phi) is 19.1. The topological polar surface area (TPSA) is 142 Å². The van der Waals surface area contributed by atoms with Gasteiger partial charge >= 0.3 is 0 Å². The van der Waals surface area contributed by atoms with E-state index < -0.39 is 5.91 Å². The van der Waals surface area contributed by atoms with Crippen LogP contribution >= 0.6 is 0 Å². The van der Waals surface area contributed by atoms with Crippen molar-refractivity contribution in [2.75, 3.05) is 52.6 Å². The van der Waals surface area contributed by atoms with Crippen LogP contribution in [0.4, 0.5) is 5.69 Å². The van der Waals surface area contributed by atoms with Crippen LogP contribution < -0.4 is 11.1 Å². The SMILES string of the molecule is C#C.CC.CN(C)C(=O)c1ccc(C(=O)N=CN)cc1.CNc1ccc2oc(C)cc2c1.O=C(CN1CCCCCC1=O)N1CCCC1. The molecule has 0 saturated carbocycles. The molecule has 0 unspecified atom stereocenters. The smallest absolute Gasteiger partial charge is 0.278 e. The fourth-order valence-corrected chi connectivity index (χ4v) is 4.92. The minimum Gasteiger partial charge on any atom is -0.461 e. The summed E-state index contributed by atoms with van der Waals surface area (Å²) in [7, 11) is 5.24. The molecule has 3 heterocycles. The molecule has 3 N–H and O–H groups in total. The summed E-state index contributed by atoms with van der Waals surface area (Å²) < 4.78 is 5.44. The third-order valence-corrected chi connectivity index (χ3v) is 7.36. The van der Waals surface area contributed by atoms with Crippen LogP contribution in [0.2, 0.25) is 0 Å². The van der Waals surface area contributed by atoms with Gasteiger partial charge in [0.2, 0.25) is 11.8 Å². The number of hydrogen-bond acceptors (Lipinski definition) is 6. The number of nitrogens with two attached hydrogens (primary N) is 1. The first-order chi connectivity index (χ1) is 23.1. The number of rotatable bonds is 5. The highest BCUT2D eigenvalue weighted by molar-refractivity contribution is 6.00. The Morgan fingerprint density at radius 1 is 0.938 bits per heavy atom. The van der Waals surface area contributed by atoms with Gasteiger partial charge in [0.1, 0.15) is 11.3 Å². The Morgan fingerprint density at radius 2 is 1.54 bits per heavy atom. The predicted octanol–water partition coefficient (Wildman–Crippen LogP) is 5.59. The van der Waals surface area contributed by atoms with E-state index in [1.807, 2.05) is 50.9 Å². The largest absolute Gasteiger partial charge is 0.461 e. The number of aryl methyl sites for hydroxylation is 1. The highest BCUT2D eigenvalue weighted by Gasteiger charge is 2.23. The van der Waals surface area contributed by atoms with Gasteiger partial charge in [-0.25, -0.2) is 0 Å². The number of terminal acetylenes is 1. The van der Waals surface area contributed by atoms with Crippen LogP contribution in [-0.4, -0.2) is 92.0 Å². The number of benzene rings is 2. The van der Waals surface area contributed by atoms with Crippen LogP contribution in [0.1, 0.15) is 78.8 Å². The standard InChI is InChI=1S/C12H20N2O2.C11H13N3O2.C10H11NO.C2H6.C2H2/c15-11-6-2-1-3-9-14(11)10-12(16)13-7-4-5-8-13;1-14(2)11(16)9-5-3-8(4-6-9)10(15)13-7-12;1-7-5-8-6-9(11-2)3-4-10(8)12-7;2*1-2/h1-10H2;3-7H,1-2H3,(H2,12,13,15);3-6,11H,1-2H3;1-2H3;1-2H. The van der Waals surface area contributed by atoms with Crippen molar-refractivity contribution in [2.45, 2.75) is 59.3 Å². The van der Waals surface area contributed by atoms with Crippen LogP contribution in [0, 0.1) is 19.8 Å². The summed E-state index contributed by atoms with van der Waals surface area (Å²) >= 11 is 0. The summed E-state index contributed by atoms with van der Waals surface area (Å²) in [6.07, 6.45) is 14.9. The highest BCUT2D eigenvalue weighted by atomic mass is 16.3. The number of nitrogens with zero attached hydrogens (tertiary/aromatic N) is 4. The van der Waals surface area contributed by atoms with Crippen LogP contribution in [0.5, 0.6) is 0 Å². The van der Waals surface area contributed by atoms with E-state index in [0.29, 0.717) is 24.1 Å². The average molecular weight is 661 g/mol. The third kappa shape index (κ3) is 13.3. The molecule has 3 aromatic rings. The van der Waals surface area contributed by atoms with Gasteiger partial charge in [-0.15, -0.1) is 12.8 Å². The lowest BCUT2D eigenvalue weighted by atomic mass is 10.1. The second-order valence-corrected chi connectivity index (χ2v) is 10.9. The number of likely N-dealkylation sites (tertiary alicyclic amines) is 2. The Hall–Kier alpha value is -5.11. The maximum absolute atomic E-state index is 11.9. The van der Waals surface area contributed by atoms with E-state index in [-0.39, 0.29) is 17.7 Å². The number of hydrogen-bond donors (Lipinski definition) is 2. The van der Waals surface area contributed by atoms with Crippen molar-refractivity contribution in [1.82, 2.24) is 14.7 Å². The molecule has 0 aliphatic carbocycles. The quantitative estimate of drug-likeness (QED) is 0.207. The molecular formula is C37H52N6O5. The molecule has 11 heteroatoms. The van der Waals surface area contributed by atoms with E-state index in [4.69, 9.17) is 10.2 Å². The molecule has 0 spiro atoms. The van der Waals surface area contributed by atoms with E-state index in [1.54, 1.807) is 43.3 Å². The number of anilines is 1. The van der Waals surface area contributed by atoms with E-state index in [0.717, 1.165) is 80.5 Å². The van der Waals surface area contributed by atoms with Crippen molar-refractivity contribution >= 4 is 46.6 Å². The minimum atomic E-state index is -0.425. The van der Waals surface area contributed by atoms with Crippen molar-refractivity contribution in [1.29, 1.82) is 0 Å².